The van der Waals surface area contributed by atoms with Crippen molar-refractivity contribution in [3.05, 3.63) is 89.7 Å². The number of likely N-dealkylation sites (tertiary alicyclic amines) is 1. The molecule has 1 atom stereocenters. The second-order valence-corrected chi connectivity index (χ2v) is 9.33. The van der Waals surface area contributed by atoms with Crippen molar-refractivity contribution in [1.29, 1.82) is 0 Å². The molecule has 1 aromatic heterocycles. The summed E-state index contributed by atoms with van der Waals surface area (Å²) in [7, 11) is 2.28. The molecule has 0 aliphatic carbocycles. The Hall–Kier alpha value is -2.89. The zero-order chi connectivity index (χ0) is 22.5. The molecule has 5 rings (SSSR count). The second kappa shape index (κ2) is 10.4. The number of hydrogen-bond acceptors (Lipinski definition) is 5. The number of piperidine rings is 1. The Labute approximate surface area is 197 Å². The summed E-state index contributed by atoms with van der Waals surface area (Å²) in [6.45, 7) is 4.50. The molecule has 0 radical (unpaired) electrons. The number of benzene rings is 2. The van der Waals surface area contributed by atoms with Crippen LogP contribution >= 0.6 is 0 Å². The summed E-state index contributed by atoms with van der Waals surface area (Å²) in [5.74, 6) is 2.42. The minimum Gasteiger partial charge on any atom is -0.454 e. The van der Waals surface area contributed by atoms with Gasteiger partial charge in [0.1, 0.15) is 0 Å². The van der Waals surface area contributed by atoms with E-state index >= 15 is 0 Å². The summed E-state index contributed by atoms with van der Waals surface area (Å²) in [6.07, 6.45) is 7.37. The molecule has 0 amide bonds. The quantitative estimate of drug-likeness (QED) is 0.502. The van der Waals surface area contributed by atoms with Crippen LogP contribution in [0.1, 0.15) is 29.5 Å². The fourth-order valence-electron chi connectivity index (χ4n) is 5.23. The van der Waals surface area contributed by atoms with Crippen LogP contribution in [0, 0.1) is 5.92 Å². The molecule has 1 unspecified atom stereocenters. The first kappa shape index (κ1) is 21.9. The summed E-state index contributed by atoms with van der Waals surface area (Å²) < 4.78 is 11.0. The molecular weight excluding hydrogens is 410 g/mol. The number of rotatable bonds is 8. The predicted molar refractivity (Wildman–Crippen MR) is 130 cm³/mol. The average Bonchev–Trinajstić information content (AvgIpc) is 3.32. The van der Waals surface area contributed by atoms with Crippen LogP contribution in [-0.2, 0) is 19.5 Å². The maximum Gasteiger partial charge on any atom is 0.231 e. The minimum atomic E-state index is 0.333. The number of nitrogens with zero attached hydrogens (tertiary/aromatic N) is 3. The van der Waals surface area contributed by atoms with Crippen molar-refractivity contribution >= 4 is 0 Å². The fourth-order valence-corrected chi connectivity index (χ4v) is 5.23. The first-order chi connectivity index (χ1) is 16.2. The number of ether oxygens (including phenoxy) is 2. The molecule has 1 saturated heterocycles. The summed E-state index contributed by atoms with van der Waals surface area (Å²) in [4.78, 5) is 9.44. The molecule has 0 spiro atoms. The van der Waals surface area contributed by atoms with Crippen molar-refractivity contribution in [3.63, 3.8) is 0 Å². The van der Waals surface area contributed by atoms with Crippen LogP contribution in [0.3, 0.4) is 0 Å². The van der Waals surface area contributed by atoms with Gasteiger partial charge < -0.3 is 9.47 Å². The Balaban J connectivity index is 1.23. The van der Waals surface area contributed by atoms with Crippen LogP contribution in [0.5, 0.6) is 11.5 Å². The molecule has 0 bridgehead atoms. The summed E-state index contributed by atoms with van der Waals surface area (Å²) in [6, 6.07) is 22.0. The van der Waals surface area contributed by atoms with E-state index in [0.717, 1.165) is 44.1 Å². The molecule has 5 nitrogen and oxygen atoms in total. The van der Waals surface area contributed by atoms with E-state index < -0.39 is 0 Å². The molecule has 33 heavy (non-hydrogen) atoms. The van der Waals surface area contributed by atoms with E-state index in [4.69, 9.17) is 9.47 Å². The molecule has 3 heterocycles. The Morgan fingerprint density at radius 3 is 2.52 bits per heavy atom. The predicted octanol–water partition coefficient (Wildman–Crippen LogP) is 4.77. The maximum atomic E-state index is 5.56. The van der Waals surface area contributed by atoms with E-state index in [1.54, 1.807) is 0 Å². The van der Waals surface area contributed by atoms with E-state index in [2.05, 4.69) is 70.4 Å². The van der Waals surface area contributed by atoms with Gasteiger partial charge in [0.25, 0.3) is 0 Å². The normalized spacial score (nSPS) is 17.4. The lowest BCUT2D eigenvalue weighted by Crippen LogP contribution is -2.44. The first-order valence-corrected chi connectivity index (χ1v) is 12.0. The zero-order valence-corrected chi connectivity index (χ0v) is 19.4. The number of hydrogen-bond donors (Lipinski definition) is 0. The summed E-state index contributed by atoms with van der Waals surface area (Å²) >= 11 is 0. The van der Waals surface area contributed by atoms with Crippen molar-refractivity contribution in [2.24, 2.45) is 5.92 Å². The Morgan fingerprint density at radius 1 is 0.939 bits per heavy atom. The SMILES string of the molecule is CN(Cc1cccnc1)C(Cc1ccccc1)C1CCN(Cc2ccc3c(c2)OCO3)CC1. The van der Waals surface area contributed by atoms with Crippen LogP contribution in [0.2, 0.25) is 0 Å². The molecule has 2 aliphatic heterocycles. The van der Waals surface area contributed by atoms with Crippen molar-refractivity contribution in [1.82, 2.24) is 14.8 Å². The highest BCUT2D eigenvalue weighted by Crippen LogP contribution is 2.33. The van der Waals surface area contributed by atoms with Gasteiger partial charge in [-0.2, -0.15) is 0 Å². The summed E-state index contributed by atoms with van der Waals surface area (Å²) in [5, 5.41) is 0. The van der Waals surface area contributed by atoms with Gasteiger partial charge in [0.2, 0.25) is 6.79 Å². The lowest BCUT2D eigenvalue weighted by molar-refractivity contribution is 0.0953. The van der Waals surface area contributed by atoms with Crippen molar-refractivity contribution in [2.45, 2.75) is 38.4 Å². The molecule has 2 aromatic carbocycles. The van der Waals surface area contributed by atoms with E-state index in [1.165, 1.54) is 29.5 Å². The van der Waals surface area contributed by atoms with Gasteiger partial charge in [0.05, 0.1) is 0 Å². The third-order valence-electron chi connectivity index (χ3n) is 7.03. The van der Waals surface area contributed by atoms with Gasteiger partial charge in [-0.1, -0.05) is 42.5 Å². The van der Waals surface area contributed by atoms with Gasteiger partial charge >= 0.3 is 0 Å². The van der Waals surface area contributed by atoms with Gasteiger partial charge in [-0.25, -0.2) is 0 Å². The molecule has 0 N–H and O–H groups in total. The van der Waals surface area contributed by atoms with E-state index in [0.29, 0.717) is 18.8 Å². The first-order valence-electron chi connectivity index (χ1n) is 12.0. The number of aromatic nitrogens is 1. The van der Waals surface area contributed by atoms with E-state index in [1.807, 2.05) is 24.5 Å². The van der Waals surface area contributed by atoms with Gasteiger partial charge in [-0.15, -0.1) is 0 Å². The highest BCUT2D eigenvalue weighted by Gasteiger charge is 2.29. The number of fused-ring (bicyclic) bond motifs is 1. The molecule has 172 valence electrons. The zero-order valence-electron chi connectivity index (χ0n) is 19.4. The minimum absolute atomic E-state index is 0.333. The third kappa shape index (κ3) is 5.55. The topological polar surface area (TPSA) is 37.8 Å². The van der Waals surface area contributed by atoms with Crippen molar-refractivity contribution < 1.29 is 9.47 Å². The largest absolute Gasteiger partial charge is 0.454 e. The highest BCUT2D eigenvalue weighted by atomic mass is 16.7. The molecule has 1 fully saturated rings. The van der Waals surface area contributed by atoms with Gasteiger partial charge in [0, 0.05) is 31.5 Å². The standard InChI is InChI=1S/C28H33N3O2/c1-30(19-24-8-5-13-29-18-24)26(16-22-6-3-2-4-7-22)25-11-14-31(15-12-25)20-23-9-10-27-28(17-23)33-21-32-27/h2-10,13,17-18,25-26H,11-12,14-16,19-21H2,1H3. The van der Waals surface area contributed by atoms with Crippen LogP contribution in [-0.4, -0.2) is 47.8 Å². The van der Waals surface area contributed by atoms with Crippen molar-refractivity contribution in [2.75, 3.05) is 26.9 Å². The highest BCUT2D eigenvalue weighted by molar-refractivity contribution is 5.44. The van der Waals surface area contributed by atoms with Crippen LogP contribution < -0.4 is 9.47 Å². The third-order valence-corrected chi connectivity index (χ3v) is 7.03. The molecular formula is C28H33N3O2. The lowest BCUT2D eigenvalue weighted by Gasteiger charge is -2.40. The van der Waals surface area contributed by atoms with E-state index in [9.17, 15) is 0 Å². The smallest absolute Gasteiger partial charge is 0.231 e. The fraction of sp³-hybridized carbons (Fsp3) is 0.393. The average molecular weight is 444 g/mol. The monoisotopic (exact) mass is 443 g/mol. The van der Waals surface area contributed by atoms with Gasteiger partial charge in [-0.05, 0) is 80.2 Å². The van der Waals surface area contributed by atoms with Crippen LogP contribution in [0.25, 0.3) is 0 Å². The molecule has 0 saturated carbocycles. The van der Waals surface area contributed by atoms with Crippen molar-refractivity contribution in [3.8, 4) is 11.5 Å². The number of pyridine rings is 1. The van der Waals surface area contributed by atoms with Crippen LogP contribution in [0.15, 0.2) is 73.1 Å². The molecule has 5 heteroatoms. The molecule has 2 aliphatic rings. The van der Waals surface area contributed by atoms with E-state index in [-0.39, 0.29) is 0 Å². The van der Waals surface area contributed by atoms with Crippen LogP contribution in [0.4, 0.5) is 0 Å². The van der Waals surface area contributed by atoms with Gasteiger partial charge in [0.15, 0.2) is 11.5 Å². The van der Waals surface area contributed by atoms with Gasteiger partial charge in [-0.3, -0.25) is 14.8 Å². The maximum absolute atomic E-state index is 5.56. The Morgan fingerprint density at radius 2 is 1.73 bits per heavy atom. The number of likely N-dealkylation sites (N-methyl/N-ethyl adjacent to an activating group) is 1. The molecule has 3 aromatic rings. The second-order valence-electron chi connectivity index (χ2n) is 9.33. The summed E-state index contributed by atoms with van der Waals surface area (Å²) in [5.41, 5.74) is 3.99. The Bertz CT molecular complexity index is 1020. The Kier molecular flexibility index (Phi) is 6.89. The lowest BCUT2D eigenvalue weighted by atomic mass is 9.84.